The number of halogens is 1. The van der Waals surface area contributed by atoms with E-state index in [9.17, 15) is 0 Å². The third-order valence-electron chi connectivity index (χ3n) is 6.50. The molecule has 0 radical (unpaired) electrons. The van der Waals surface area contributed by atoms with E-state index in [2.05, 4.69) is 38.0 Å². The quantitative estimate of drug-likeness (QED) is 0.373. The molecule has 0 aromatic carbocycles. The second-order valence-electron chi connectivity index (χ2n) is 8.60. The minimum atomic E-state index is 0. The van der Waals surface area contributed by atoms with E-state index in [-0.39, 0.29) is 29.4 Å². The molecule has 0 bridgehead atoms. The van der Waals surface area contributed by atoms with Crippen molar-refractivity contribution < 1.29 is 9.47 Å². The van der Waals surface area contributed by atoms with E-state index in [1.165, 1.54) is 32.1 Å². The summed E-state index contributed by atoms with van der Waals surface area (Å²) in [6, 6.07) is 0.466. The first-order chi connectivity index (χ1) is 12.0. The average molecular weight is 479 g/mol. The Morgan fingerprint density at radius 3 is 2.62 bits per heavy atom. The summed E-state index contributed by atoms with van der Waals surface area (Å²) < 4.78 is 11.5. The minimum Gasteiger partial charge on any atom is -0.381 e. The van der Waals surface area contributed by atoms with Crippen molar-refractivity contribution in [2.45, 2.75) is 65.0 Å². The van der Waals surface area contributed by atoms with Crippen LogP contribution >= 0.6 is 24.0 Å². The van der Waals surface area contributed by atoms with Gasteiger partial charge in [-0.3, -0.25) is 4.99 Å². The summed E-state index contributed by atoms with van der Waals surface area (Å²) in [5.41, 5.74) is 0.182. The summed E-state index contributed by atoms with van der Waals surface area (Å²) in [5.74, 6) is 2.50. The summed E-state index contributed by atoms with van der Waals surface area (Å²) in [7, 11) is 2.18. The Balaban J connectivity index is 0.00000243. The lowest BCUT2D eigenvalue weighted by molar-refractivity contribution is -0.188. The Bertz CT molecular complexity index is 466. The number of nitrogens with zero attached hydrogens (tertiary/aromatic N) is 2. The maximum atomic E-state index is 6.05. The van der Waals surface area contributed by atoms with Crippen LogP contribution in [0.15, 0.2) is 4.99 Å². The molecule has 6 heteroatoms. The van der Waals surface area contributed by atoms with Crippen molar-refractivity contribution in [3.05, 3.63) is 0 Å². The minimum absolute atomic E-state index is 0. The Morgan fingerprint density at radius 2 is 1.92 bits per heavy atom. The van der Waals surface area contributed by atoms with Crippen molar-refractivity contribution in [2.24, 2.45) is 22.2 Å². The molecule has 1 N–H and O–H groups in total. The van der Waals surface area contributed by atoms with Gasteiger partial charge in [-0.2, -0.15) is 0 Å². The molecular formula is C20H38IN3O2. The predicted octanol–water partition coefficient (Wildman–Crippen LogP) is 3.52. The number of fused-ring (bicyclic) bond motifs is 1. The normalized spacial score (nSPS) is 31.4. The monoisotopic (exact) mass is 479 g/mol. The molecule has 0 aromatic rings. The summed E-state index contributed by atoms with van der Waals surface area (Å²) in [6.07, 6.45) is 6.52. The largest absolute Gasteiger partial charge is 0.381 e. The fraction of sp³-hybridized carbons (Fsp3) is 0.950. The third-order valence-corrected chi connectivity index (χ3v) is 6.50. The van der Waals surface area contributed by atoms with Gasteiger partial charge in [-0.15, -0.1) is 24.0 Å². The molecule has 5 nitrogen and oxygen atoms in total. The zero-order valence-electron chi connectivity index (χ0n) is 17.0. The smallest absolute Gasteiger partial charge is 0.193 e. The zero-order chi connectivity index (χ0) is 17.9. The third kappa shape index (κ3) is 4.85. The lowest BCUT2D eigenvalue weighted by Gasteiger charge is -2.60. The Hall–Kier alpha value is -0.0800. The molecule has 3 aliphatic rings. The molecule has 2 aliphatic heterocycles. The second kappa shape index (κ2) is 9.92. The second-order valence-corrected chi connectivity index (χ2v) is 8.60. The first kappa shape index (κ1) is 22.2. The van der Waals surface area contributed by atoms with Crippen LogP contribution in [0.3, 0.4) is 0 Å². The topological polar surface area (TPSA) is 46.1 Å². The number of hydrogen-bond acceptors (Lipinski definition) is 3. The van der Waals surface area contributed by atoms with Crippen LogP contribution in [0.5, 0.6) is 0 Å². The van der Waals surface area contributed by atoms with Crippen molar-refractivity contribution in [1.82, 2.24) is 10.2 Å². The summed E-state index contributed by atoms with van der Waals surface area (Å²) in [5, 5.41) is 3.80. The van der Waals surface area contributed by atoms with E-state index < -0.39 is 0 Å². The molecule has 2 heterocycles. The predicted molar refractivity (Wildman–Crippen MR) is 117 cm³/mol. The van der Waals surface area contributed by atoms with Crippen LogP contribution < -0.4 is 5.32 Å². The molecule has 3 fully saturated rings. The summed E-state index contributed by atoms with van der Waals surface area (Å²) >= 11 is 0. The number of ether oxygens (including phenoxy) is 2. The molecule has 3 atom stereocenters. The van der Waals surface area contributed by atoms with Gasteiger partial charge in [0.15, 0.2) is 5.96 Å². The average Bonchev–Trinajstić information content (AvgIpc) is 2.64. The molecule has 26 heavy (non-hydrogen) atoms. The molecule has 1 saturated carbocycles. The lowest BCUT2D eigenvalue weighted by atomic mass is 9.55. The highest BCUT2D eigenvalue weighted by atomic mass is 127. The van der Waals surface area contributed by atoms with Crippen LogP contribution in [-0.4, -0.2) is 63.0 Å². The van der Waals surface area contributed by atoms with Crippen molar-refractivity contribution in [2.75, 3.05) is 40.0 Å². The van der Waals surface area contributed by atoms with Crippen LogP contribution in [0.25, 0.3) is 0 Å². The Morgan fingerprint density at radius 1 is 1.19 bits per heavy atom. The van der Waals surface area contributed by atoms with Crippen molar-refractivity contribution in [3.8, 4) is 0 Å². The first-order valence-electron chi connectivity index (χ1n) is 10.3. The zero-order valence-corrected chi connectivity index (χ0v) is 19.3. The van der Waals surface area contributed by atoms with E-state index in [0.29, 0.717) is 18.1 Å². The molecule has 3 rings (SSSR count). The van der Waals surface area contributed by atoms with E-state index in [4.69, 9.17) is 14.5 Å². The number of hydrogen-bond donors (Lipinski definition) is 1. The van der Waals surface area contributed by atoms with Gasteiger partial charge in [0.2, 0.25) is 0 Å². The van der Waals surface area contributed by atoms with Gasteiger partial charge in [0.25, 0.3) is 0 Å². The molecule has 3 unspecified atom stereocenters. The van der Waals surface area contributed by atoms with E-state index in [1.807, 2.05) is 0 Å². The highest BCUT2D eigenvalue weighted by Gasteiger charge is 2.58. The first-order valence-corrected chi connectivity index (χ1v) is 10.3. The molecular weight excluding hydrogens is 441 g/mol. The van der Waals surface area contributed by atoms with E-state index in [0.717, 1.165) is 44.8 Å². The number of guanidine groups is 1. The Labute approximate surface area is 176 Å². The van der Waals surface area contributed by atoms with Gasteiger partial charge in [-0.05, 0) is 44.9 Å². The fourth-order valence-corrected chi connectivity index (χ4v) is 4.90. The summed E-state index contributed by atoms with van der Waals surface area (Å²) in [6.45, 7) is 11.5. The maximum Gasteiger partial charge on any atom is 0.193 e. The fourth-order valence-electron chi connectivity index (χ4n) is 4.90. The molecule has 2 saturated heterocycles. The number of rotatable bonds is 5. The molecule has 152 valence electrons. The van der Waals surface area contributed by atoms with Gasteiger partial charge in [0.05, 0.1) is 6.10 Å². The van der Waals surface area contributed by atoms with Crippen LogP contribution in [0.1, 0.15) is 52.9 Å². The van der Waals surface area contributed by atoms with Crippen molar-refractivity contribution in [1.29, 1.82) is 0 Å². The van der Waals surface area contributed by atoms with Gasteiger partial charge in [0, 0.05) is 57.3 Å². The Kier molecular flexibility index (Phi) is 8.47. The number of aliphatic imine (C=N–C) groups is 1. The van der Waals surface area contributed by atoms with Crippen LogP contribution in [-0.2, 0) is 9.47 Å². The van der Waals surface area contributed by atoms with Gasteiger partial charge in [-0.1, -0.05) is 13.8 Å². The molecule has 1 aliphatic carbocycles. The van der Waals surface area contributed by atoms with Crippen LogP contribution in [0.4, 0.5) is 0 Å². The SMILES string of the molecule is CCN=C(NC1C2CCCOC2C1(C)C)N(C)CCC1CCOCC1.I. The molecule has 0 spiro atoms. The van der Waals surface area contributed by atoms with Gasteiger partial charge >= 0.3 is 0 Å². The van der Waals surface area contributed by atoms with E-state index >= 15 is 0 Å². The maximum absolute atomic E-state index is 6.05. The van der Waals surface area contributed by atoms with Crippen LogP contribution in [0.2, 0.25) is 0 Å². The van der Waals surface area contributed by atoms with Gasteiger partial charge < -0.3 is 19.7 Å². The molecule has 0 amide bonds. The van der Waals surface area contributed by atoms with Crippen molar-refractivity contribution >= 4 is 29.9 Å². The van der Waals surface area contributed by atoms with Gasteiger partial charge in [0.1, 0.15) is 0 Å². The van der Waals surface area contributed by atoms with Gasteiger partial charge in [-0.25, -0.2) is 0 Å². The lowest BCUT2D eigenvalue weighted by Crippen LogP contribution is -2.71. The highest BCUT2D eigenvalue weighted by Crippen LogP contribution is 2.51. The van der Waals surface area contributed by atoms with Crippen molar-refractivity contribution in [3.63, 3.8) is 0 Å². The highest BCUT2D eigenvalue weighted by molar-refractivity contribution is 14.0. The van der Waals surface area contributed by atoms with E-state index in [1.54, 1.807) is 0 Å². The standard InChI is InChI=1S/C20H37N3O2.HI/c1-5-21-19(23(4)11-8-15-9-13-24-14-10-15)22-17-16-7-6-12-25-18(16)20(17,2)3;/h15-18H,5-14H2,1-4H3,(H,21,22);1H. The summed E-state index contributed by atoms with van der Waals surface area (Å²) in [4.78, 5) is 7.10. The number of nitrogens with one attached hydrogen (secondary N) is 1. The molecule has 0 aromatic heterocycles. The van der Waals surface area contributed by atoms with Crippen LogP contribution in [0, 0.1) is 17.3 Å².